The van der Waals surface area contributed by atoms with Crippen molar-refractivity contribution in [1.29, 1.82) is 0 Å². The van der Waals surface area contributed by atoms with E-state index in [2.05, 4.69) is 15.5 Å². The zero-order valence-electron chi connectivity index (χ0n) is 11.3. The highest BCUT2D eigenvalue weighted by molar-refractivity contribution is 7.16. The molecular formula is C12H12N4O3S2. The van der Waals surface area contributed by atoms with Gasteiger partial charge < -0.3 is 0 Å². The van der Waals surface area contributed by atoms with Crippen molar-refractivity contribution in [2.45, 2.75) is 19.8 Å². The fourth-order valence-electron chi connectivity index (χ4n) is 1.35. The number of carbonyl (C=O) groups excluding carboxylic acids is 1. The maximum absolute atomic E-state index is 11.7. The monoisotopic (exact) mass is 324 g/mol. The third-order valence-electron chi connectivity index (χ3n) is 2.36. The average Bonchev–Trinajstić information content (AvgIpc) is 3.05. The van der Waals surface area contributed by atoms with Crippen LogP contribution in [0.3, 0.4) is 0 Å². The lowest BCUT2D eigenvalue weighted by Crippen LogP contribution is -2.07. The number of hydrogen-bond acceptors (Lipinski definition) is 7. The second-order valence-electron chi connectivity index (χ2n) is 4.36. The molecule has 0 saturated heterocycles. The lowest BCUT2D eigenvalue weighted by Gasteiger charge is -1.95. The summed E-state index contributed by atoms with van der Waals surface area (Å²) < 4.78 is 0. The molecule has 0 spiro atoms. The molecule has 21 heavy (non-hydrogen) atoms. The molecule has 0 aliphatic heterocycles. The molecule has 0 saturated carbocycles. The maximum Gasteiger partial charge on any atom is 0.324 e. The van der Waals surface area contributed by atoms with E-state index in [0.717, 1.165) is 16.3 Å². The lowest BCUT2D eigenvalue weighted by atomic mass is 10.2. The highest BCUT2D eigenvalue weighted by Crippen LogP contribution is 2.25. The first-order chi connectivity index (χ1) is 9.95. The summed E-state index contributed by atoms with van der Waals surface area (Å²) in [6.07, 6.45) is 2.84. The Morgan fingerprint density at radius 3 is 2.71 bits per heavy atom. The summed E-state index contributed by atoms with van der Waals surface area (Å²) in [6.45, 7) is 3.99. The van der Waals surface area contributed by atoms with E-state index in [4.69, 9.17) is 0 Å². The van der Waals surface area contributed by atoms with Crippen molar-refractivity contribution < 1.29 is 9.72 Å². The van der Waals surface area contributed by atoms with E-state index in [9.17, 15) is 14.9 Å². The molecule has 0 aliphatic rings. The molecule has 2 heterocycles. The normalized spacial score (nSPS) is 11.2. The molecule has 0 fully saturated rings. The predicted octanol–water partition coefficient (Wildman–Crippen LogP) is 3.28. The number of thiophene rings is 1. The van der Waals surface area contributed by atoms with E-state index < -0.39 is 4.92 Å². The fraction of sp³-hybridized carbons (Fsp3) is 0.250. The highest BCUT2D eigenvalue weighted by atomic mass is 32.1. The molecule has 0 bridgehead atoms. The molecular weight excluding hydrogens is 312 g/mol. The molecule has 2 aromatic heterocycles. The minimum Gasteiger partial charge on any atom is -0.297 e. The van der Waals surface area contributed by atoms with Crippen LogP contribution in [-0.2, 0) is 4.79 Å². The van der Waals surface area contributed by atoms with Crippen molar-refractivity contribution >= 4 is 44.8 Å². The third-order valence-corrected chi connectivity index (χ3v) is 4.50. The molecule has 9 heteroatoms. The summed E-state index contributed by atoms with van der Waals surface area (Å²) in [6, 6.07) is 3.00. The van der Waals surface area contributed by atoms with Crippen molar-refractivity contribution in [3.05, 3.63) is 38.2 Å². The zero-order chi connectivity index (χ0) is 15.4. The van der Waals surface area contributed by atoms with Crippen LogP contribution in [0.25, 0.3) is 6.08 Å². The molecule has 1 amide bonds. The number of aromatic nitrogens is 2. The Balaban J connectivity index is 1.96. The molecule has 0 atom stereocenters. The minimum atomic E-state index is -0.462. The van der Waals surface area contributed by atoms with E-state index in [1.807, 2.05) is 13.8 Å². The summed E-state index contributed by atoms with van der Waals surface area (Å²) in [5.74, 6) is -0.0899. The quantitative estimate of drug-likeness (QED) is 0.517. The highest BCUT2D eigenvalue weighted by Gasteiger charge is 2.10. The van der Waals surface area contributed by atoms with Crippen molar-refractivity contribution in [2.75, 3.05) is 5.32 Å². The van der Waals surface area contributed by atoms with Crippen molar-refractivity contribution in [3.63, 3.8) is 0 Å². The van der Waals surface area contributed by atoms with E-state index >= 15 is 0 Å². The number of carbonyl (C=O) groups is 1. The van der Waals surface area contributed by atoms with Crippen LogP contribution in [0.4, 0.5) is 10.1 Å². The van der Waals surface area contributed by atoms with Gasteiger partial charge in [-0.2, -0.15) is 0 Å². The van der Waals surface area contributed by atoms with Gasteiger partial charge in [-0.05, 0) is 12.1 Å². The third kappa shape index (κ3) is 4.17. The van der Waals surface area contributed by atoms with Gasteiger partial charge in [-0.3, -0.25) is 20.2 Å². The summed E-state index contributed by atoms with van der Waals surface area (Å²) in [7, 11) is 0. The summed E-state index contributed by atoms with van der Waals surface area (Å²) in [5.41, 5.74) is 0. The molecule has 110 valence electrons. The molecule has 7 nitrogen and oxygen atoms in total. The molecule has 1 N–H and O–H groups in total. The van der Waals surface area contributed by atoms with Gasteiger partial charge in [-0.15, -0.1) is 10.2 Å². The Hall–Kier alpha value is -2.13. The average molecular weight is 324 g/mol. The van der Waals surface area contributed by atoms with Crippen molar-refractivity contribution in [2.24, 2.45) is 0 Å². The molecule has 2 aromatic rings. The van der Waals surface area contributed by atoms with Crippen LogP contribution in [0.15, 0.2) is 18.2 Å². The van der Waals surface area contributed by atoms with Gasteiger partial charge in [0.25, 0.3) is 0 Å². The predicted molar refractivity (Wildman–Crippen MR) is 82.6 cm³/mol. The van der Waals surface area contributed by atoms with Crippen LogP contribution in [0.1, 0.15) is 29.7 Å². The molecule has 0 unspecified atom stereocenters. The van der Waals surface area contributed by atoms with Gasteiger partial charge in [0.15, 0.2) is 0 Å². The van der Waals surface area contributed by atoms with Gasteiger partial charge in [-0.1, -0.05) is 36.5 Å². The number of nitro groups is 1. The van der Waals surface area contributed by atoms with Gasteiger partial charge >= 0.3 is 5.00 Å². The maximum atomic E-state index is 11.7. The second-order valence-corrected chi connectivity index (χ2v) is 6.46. The van der Waals surface area contributed by atoms with Gasteiger partial charge in [-0.25, -0.2) is 0 Å². The van der Waals surface area contributed by atoms with Gasteiger partial charge in [0.1, 0.15) is 5.01 Å². The number of nitrogens with zero attached hydrogens (tertiary/aromatic N) is 3. The Labute approximate surface area is 128 Å². The minimum absolute atomic E-state index is 0.0424. The SMILES string of the molecule is CC(C)c1nnc(NC(=O)/C=C/c2ccc([N+](=O)[O-])s2)s1. The first-order valence-electron chi connectivity index (χ1n) is 6.02. The first kappa shape index (κ1) is 15.3. The summed E-state index contributed by atoms with van der Waals surface area (Å²) >= 11 is 2.33. The Morgan fingerprint density at radius 2 is 2.14 bits per heavy atom. The fourth-order valence-corrected chi connectivity index (χ4v) is 2.83. The second kappa shape index (κ2) is 6.55. The van der Waals surface area contributed by atoms with Crippen molar-refractivity contribution in [3.8, 4) is 0 Å². The van der Waals surface area contributed by atoms with Crippen LogP contribution in [-0.4, -0.2) is 21.0 Å². The summed E-state index contributed by atoms with van der Waals surface area (Å²) in [5, 5.41) is 22.3. The molecule has 0 radical (unpaired) electrons. The lowest BCUT2D eigenvalue weighted by molar-refractivity contribution is -0.380. The molecule has 0 aromatic carbocycles. The smallest absolute Gasteiger partial charge is 0.297 e. The number of hydrogen-bond donors (Lipinski definition) is 1. The standard InChI is InChI=1S/C12H12N4O3S2/c1-7(2)11-14-15-12(21-11)13-9(17)5-3-8-4-6-10(20-8)16(18)19/h3-7H,1-2H3,(H,13,15,17)/b5-3+. The van der Waals surface area contributed by atoms with Crippen LogP contribution in [0, 0.1) is 10.1 Å². The zero-order valence-corrected chi connectivity index (χ0v) is 12.9. The largest absolute Gasteiger partial charge is 0.324 e. The van der Waals surface area contributed by atoms with Gasteiger partial charge in [0.05, 0.1) is 4.92 Å². The van der Waals surface area contributed by atoms with E-state index in [1.165, 1.54) is 29.6 Å². The number of rotatable bonds is 5. The molecule has 0 aliphatic carbocycles. The van der Waals surface area contributed by atoms with Crippen molar-refractivity contribution in [1.82, 2.24) is 10.2 Å². The molecule has 2 rings (SSSR count). The summed E-state index contributed by atoms with van der Waals surface area (Å²) in [4.78, 5) is 22.4. The van der Waals surface area contributed by atoms with Crippen LogP contribution in [0.2, 0.25) is 0 Å². The van der Waals surface area contributed by atoms with E-state index in [1.54, 1.807) is 6.07 Å². The van der Waals surface area contributed by atoms with E-state index in [0.29, 0.717) is 10.0 Å². The number of anilines is 1. The topological polar surface area (TPSA) is 98.0 Å². The Kier molecular flexibility index (Phi) is 4.76. The van der Waals surface area contributed by atoms with Crippen LogP contribution in [0.5, 0.6) is 0 Å². The number of nitrogens with one attached hydrogen (secondary N) is 1. The first-order valence-corrected chi connectivity index (χ1v) is 7.65. The van der Waals surface area contributed by atoms with E-state index in [-0.39, 0.29) is 16.8 Å². The van der Waals surface area contributed by atoms with Crippen LogP contribution < -0.4 is 5.32 Å². The van der Waals surface area contributed by atoms with Gasteiger partial charge in [0, 0.05) is 22.9 Å². The Bertz CT molecular complexity index is 690. The van der Waals surface area contributed by atoms with Gasteiger partial charge in [0.2, 0.25) is 11.0 Å². The number of amides is 1. The van der Waals surface area contributed by atoms with Crippen LogP contribution >= 0.6 is 22.7 Å². The Morgan fingerprint density at radius 1 is 1.38 bits per heavy atom.